The van der Waals surface area contributed by atoms with Crippen molar-refractivity contribution in [2.24, 2.45) is 5.73 Å². The molecule has 0 aliphatic carbocycles. The Morgan fingerprint density at radius 1 is 1.50 bits per heavy atom. The van der Waals surface area contributed by atoms with Crippen molar-refractivity contribution in [2.75, 3.05) is 13.1 Å². The molecule has 0 saturated carbocycles. The van der Waals surface area contributed by atoms with E-state index < -0.39 is 0 Å². The van der Waals surface area contributed by atoms with Crippen LogP contribution in [0, 0.1) is 6.92 Å². The normalized spacial score (nSPS) is 10.2. The van der Waals surface area contributed by atoms with Gasteiger partial charge in [-0.25, -0.2) is 0 Å². The molecule has 98 valence electrons. The number of benzene rings is 1. The monoisotopic (exact) mass is 284 g/mol. The van der Waals surface area contributed by atoms with E-state index in [9.17, 15) is 4.79 Å². The maximum atomic E-state index is 12.4. The molecule has 3 nitrogen and oxygen atoms in total. The van der Waals surface area contributed by atoms with Crippen LogP contribution >= 0.6 is 23.8 Å². The zero-order valence-electron chi connectivity index (χ0n) is 10.6. The first-order valence-corrected chi connectivity index (χ1v) is 6.58. The Labute approximate surface area is 118 Å². The predicted octanol–water partition coefficient (Wildman–Crippen LogP) is 2.79. The van der Waals surface area contributed by atoms with Crippen molar-refractivity contribution in [3.8, 4) is 0 Å². The Hall–Kier alpha value is -1.13. The standard InChI is InChI=1S/C13H17ClN2OS/c1-3-7-16(8-11(15)18)13(17)10-6-4-5-9(2)12(10)14/h4-6H,3,7-8H2,1-2H3,(H2,15,18). The summed E-state index contributed by atoms with van der Waals surface area (Å²) in [5.74, 6) is -0.127. The summed E-state index contributed by atoms with van der Waals surface area (Å²) in [6, 6.07) is 5.41. The lowest BCUT2D eigenvalue weighted by Gasteiger charge is -2.22. The number of thiocarbonyl (C=S) groups is 1. The second-order valence-electron chi connectivity index (χ2n) is 4.13. The SMILES string of the molecule is CCCN(CC(N)=S)C(=O)c1cccc(C)c1Cl. The van der Waals surface area contributed by atoms with Gasteiger partial charge in [0.2, 0.25) is 0 Å². The van der Waals surface area contributed by atoms with Crippen LogP contribution in [0.1, 0.15) is 29.3 Å². The maximum Gasteiger partial charge on any atom is 0.255 e. The highest BCUT2D eigenvalue weighted by Crippen LogP contribution is 2.21. The third-order valence-electron chi connectivity index (χ3n) is 2.55. The summed E-state index contributed by atoms with van der Waals surface area (Å²) in [5, 5.41) is 0.492. The Bertz CT molecular complexity index is 462. The average Bonchev–Trinajstić information content (AvgIpc) is 2.31. The summed E-state index contributed by atoms with van der Waals surface area (Å²) >= 11 is 11.0. The largest absolute Gasteiger partial charge is 0.392 e. The van der Waals surface area contributed by atoms with Crippen LogP contribution in [0.5, 0.6) is 0 Å². The summed E-state index contributed by atoms with van der Waals surface area (Å²) in [6.07, 6.45) is 0.845. The molecule has 1 aromatic carbocycles. The predicted molar refractivity (Wildman–Crippen MR) is 79.2 cm³/mol. The molecule has 5 heteroatoms. The van der Waals surface area contributed by atoms with Gasteiger partial charge in [-0.3, -0.25) is 4.79 Å². The van der Waals surface area contributed by atoms with Crippen LogP contribution in [0.2, 0.25) is 5.02 Å². The lowest BCUT2D eigenvalue weighted by atomic mass is 10.1. The van der Waals surface area contributed by atoms with Gasteiger partial charge in [0.1, 0.15) is 0 Å². The van der Waals surface area contributed by atoms with Gasteiger partial charge in [-0.1, -0.05) is 42.9 Å². The minimum atomic E-state index is -0.127. The smallest absolute Gasteiger partial charge is 0.255 e. The maximum absolute atomic E-state index is 12.4. The number of aryl methyl sites for hydroxylation is 1. The van der Waals surface area contributed by atoms with Crippen molar-refractivity contribution in [1.29, 1.82) is 0 Å². The van der Waals surface area contributed by atoms with Crippen LogP contribution in [0.4, 0.5) is 0 Å². The van der Waals surface area contributed by atoms with E-state index in [1.165, 1.54) is 0 Å². The second-order valence-corrected chi connectivity index (χ2v) is 5.03. The highest BCUT2D eigenvalue weighted by atomic mass is 35.5. The number of rotatable bonds is 5. The highest BCUT2D eigenvalue weighted by Gasteiger charge is 2.18. The fraction of sp³-hybridized carbons (Fsp3) is 0.385. The van der Waals surface area contributed by atoms with Crippen LogP contribution < -0.4 is 5.73 Å². The molecule has 1 amide bonds. The molecule has 0 aliphatic rings. The first kappa shape index (κ1) is 14.9. The lowest BCUT2D eigenvalue weighted by molar-refractivity contribution is 0.0780. The zero-order chi connectivity index (χ0) is 13.7. The first-order chi connectivity index (χ1) is 8.47. The Kier molecular flexibility index (Phi) is 5.56. The fourth-order valence-corrected chi connectivity index (χ4v) is 2.06. The number of nitrogens with zero attached hydrogens (tertiary/aromatic N) is 1. The van der Waals surface area contributed by atoms with Gasteiger partial charge in [0, 0.05) is 6.54 Å². The van der Waals surface area contributed by atoms with Gasteiger partial charge in [-0.05, 0) is 25.0 Å². The minimum absolute atomic E-state index is 0.127. The molecule has 0 heterocycles. The van der Waals surface area contributed by atoms with Crippen molar-refractivity contribution in [1.82, 2.24) is 4.90 Å². The molecular weight excluding hydrogens is 268 g/mol. The van der Waals surface area contributed by atoms with E-state index in [2.05, 4.69) is 0 Å². The van der Waals surface area contributed by atoms with Crippen molar-refractivity contribution < 1.29 is 4.79 Å². The van der Waals surface area contributed by atoms with Gasteiger partial charge < -0.3 is 10.6 Å². The molecule has 2 N–H and O–H groups in total. The van der Waals surface area contributed by atoms with E-state index in [1.54, 1.807) is 11.0 Å². The van der Waals surface area contributed by atoms with E-state index in [0.29, 0.717) is 22.1 Å². The van der Waals surface area contributed by atoms with Crippen molar-refractivity contribution in [2.45, 2.75) is 20.3 Å². The molecule has 18 heavy (non-hydrogen) atoms. The minimum Gasteiger partial charge on any atom is -0.392 e. The highest BCUT2D eigenvalue weighted by molar-refractivity contribution is 7.80. The van der Waals surface area contributed by atoms with E-state index in [4.69, 9.17) is 29.6 Å². The molecule has 0 spiro atoms. The molecule has 0 aromatic heterocycles. The Morgan fingerprint density at radius 3 is 2.72 bits per heavy atom. The third kappa shape index (κ3) is 3.68. The van der Waals surface area contributed by atoms with Gasteiger partial charge in [-0.15, -0.1) is 0 Å². The number of halogens is 1. The van der Waals surface area contributed by atoms with Crippen molar-refractivity contribution >= 4 is 34.7 Å². The molecule has 0 atom stereocenters. The summed E-state index contributed by atoms with van der Waals surface area (Å²) in [7, 11) is 0. The van der Waals surface area contributed by atoms with Gasteiger partial charge in [0.25, 0.3) is 5.91 Å². The van der Waals surface area contributed by atoms with Gasteiger partial charge in [0.15, 0.2) is 0 Å². The molecule has 0 aliphatic heterocycles. The molecule has 0 saturated heterocycles. The number of amides is 1. The topological polar surface area (TPSA) is 46.3 Å². The third-order valence-corrected chi connectivity index (χ3v) is 3.18. The van der Waals surface area contributed by atoms with Crippen LogP contribution in [0.3, 0.4) is 0 Å². The molecule has 0 unspecified atom stereocenters. The van der Waals surface area contributed by atoms with E-state index in [0.717, 1.165) is 12.0 Å². The van der Waals surface area contributed by atoms with Crippen molar-refractivity contribution in [3.63, 3.8) is 0 Å². The zero-order valence-corrected chi connectivity index (χ0v) is 12.1. The Balaban J connectivity index is 3.01. The number of carbonyl (C=O) groups excluding carboxylic acids is 1. The Morgan fingerprint density at radius 2 is 2.17 bits per heavy atom. The lowest BCUT2D eigenvalue weighted by Crippen LogP contribution is -2.38. The summed E-state index contributed by atoms with van der Waals surface area (Å²) < 4.78 is 0. The van der Waals surface area contributed by atoms with Crippen LogP contribution in [-0.2, 0) is 0 Å². The summed E-state index contributed by atoms with van der Waals surface area (Å²) in [5.41, 5.74) is 6.90. The molecule has 0 fully saturated rings. The van der Waals surface area contributed by atoms with E-state index >= 15 is 0 Å². The van der Waals surface area contributed by atoms with Crippen molar-refractivity contribution in [3.05, 3.63) is 34.3 Å². The number of nitrogens with two attached hydrogens (primary N) is 1. The molecule has 0 radical (unpaired) electrons. The number of hydrogen-bond acceptors (Lipinski definition) is 2. The molecule has 1 aromatic rings. The summed E-state index contributed by atoms with van der Waals surface area (Å²) in [4.78, 5) is 14.3. The number of hydrogen-bond donors (Lipinski definition) is 1. The molecular formula is C13H17ClN2OS. The van der Waals surface area contributed by atoms with Gasteiger partial charge in [-0.2, -0.15) is 0 Å². The van der Waals surface area contributed by atoms with Gasteiger partial charge >= 0.3 is 0 Å². The molecule has 1 rings (SSSR count). The molecule has 0 bridgehead atoms. The van der Waals surface area contributed by atoms with Crippen LogP contribution in [0.15, 0.2) is 18.2 Å². The van der Waals surface area contributed by atoms with Gasteiger partial charge in [0.05, 0.1) is 22.1 Å². The number of carbonyl (C=O) groups is 1. The van der Waals surface area contributed by atoms with E-state index in [1.807, 2.05) is 26.0 Å². The van der Waals surface area contributed by atoms with Crippen LogP contribution in [-0.4, -0.2) is 28.9 Å². The quantitative estimate of drug-likeness (QED) is 0.846. The second kappa shape index (κ2) is 6.71. The fourth-order valence-electron chi connectivity index (χ4n) is 1.69. The first-order valence-electron chi connectivity index (χ1n) is 5.80. The van der Waals surface area contributed by atoms with Crippen LogP contribution in [0.25, 0.3) is 0 Å². The van der Waals surface area contributed by atoms with E-state index in [-0.39, 0.29) is 12.5 Å². The summed E-state index contributed by atoms with van der Waals surface area (Å²) in [6.45, 7) is 4.77. The average molecular weight is 285 g/mol.